The third-order valence-corrected chi connectivity index (χ3v) is 3.97. The Labute approximate surface area is 111 Å². The van der Waals surface area contributed by atoms with Crippen LogP contribution < -0.4 is 5.73 Å². The fourth-order valence-corrected chi connectivity index (χ4v) is 2.06. The van der Waals surface area contributed by atoms with Gasteiger partial charge in [-0.25, -0.2) is 4.39 Å². The van der Waals surface area contributed by atoms with Gasteiger partial charge in [0.05, 0.1) is 0 Å². The highest BCUT2D eigenvalue weighted by Gasteiger charge is 2.23. The SMILES string of the molecule is Cc1cc(C(N)CC(C)C(C)(C)C)cc(C)c1F. The highest BCUT2D eigenvalue weighted by molar-refractivity contribution is 5.32. The van der Waals surface area contributed by atoms with E-state index < -0.39 is 0 Å². The zero-order valence-electron chi connectivity index (χ0n) is 12.5. The smallest absolute Gasteiger partial charge is 0.129 e. The highest BCUT2D eigenvalue weighted by atomic mass is 19.1. The van der Waals surface area contributed by atoms with Crippen LogP contribution in [0.2, 0.25) is 0 Å². The summed E-state index contributed by atoms with van der Waals surface area (Å²) in [6.45, 7) is 12.5. The second kappa shape index (κ2) is 5.40. The molecule has 0 saturated carbocycles. The predicted molar refractivity (Wildman–Crippen MR) is 76.0 cm³/mol. The molecule has 0 radical (unpaired) electrons. The molecule has 2 atom stereocenters. The Hall–Kier alpha value is -0.890. The molecule has 1 rings (SSSR count). The van der Waals surface area contributed by atoms with Crippen LogP contribution in [0.15, 0.2) is 12.1 Å². The Morgan fingerprint density at radius 3 is 2.00 bits per heavy atom. The molecule has 2 heteroatoms. The van der Waals surface area contributed by atoms with Crippen LogP contribution in [-0.4, -0.2) is 0 Å². The number of nitrogens with two attached hydrogens (primary N) is 1. The molecule has 1 nitrogen and oxygen atoms in total. The molecule has 0 aliphatic carbocycles. The lowest BCUT2D eigenvalue weighted by Gasteiger charge is -2.29. The van der Waals surface area contributed by atoms with Crippen molar-refractivity contribution in [2.24, 2.45) is 17.1 Å². The van der Waals surface area contributed by atoms with Gasteiger partial charge in [0.1, 0.15) is 5.82 Å². The van der Waals surface area contributed by atoms with Gasteiger partial charge in [-0.2, -0.15) is 0 Å². The summed E-state index contributed by atoms with van der Waals surface area (Å²) < 4.78 is 13.6. The summed E-state index contributed by atoms with van der Waals surface area (Å²) in [6, 6.07) is 3.74. The molecule has 0 aliphatic heterocycles. The fourth-order valence-electron chi connectivity index (χ4n) is 2.06. The van der Waals surface area contributed by atoms with E-state index in [9.17, 15) is 4.39 Å². The van der Waals surface area contributed by atoms with Crippen molar-refractivity contribution >= 4 is 0 Å². The van der Waals surface area contributed by atoms with Crippen molar-refractivity contribution in [3.05, 3.63) is 34.6 Å². The number of halogens is 1. The predicted octanol–water partition coefficient (Wildman–Crippen LogP) is 4.51. The molecular weight excluding hydrogens is 225 g/mol. The summed E-state index contributed by atoms with van der Waals surface area (Å²) in [5, 5.41) is 0. The van der Waals surface area contributed by atoms with Gasteiger partial charge in [-0.05, 0) is 48.3 Å². The second-order valence-corrected chi connectivity index (χ2v) is 6.58. The lowest BCUT2D eigenvalue weighted by molar-refractivity contribution is 0.234. The van der Waals surface area contributed by atoms with E-state index in [2.05, 4.69) is 27.7 Å². The minimum absolute atomic E-state index is 0.0165. The number of hydrogen-bond acceptors (Lipinski definition) is 1. The van der Waals surface area contributed by atoms with Gasteiger partial charge in [-0.15, -0.1) is 0 Å². The van der Waals surface area contributed by atoms with E-state index in [0.29, 0.717) is 17.0 Å². The van der Waals surface area contributed by atoms with Crippen LogP contribution in [0.5, 0.6) is 0 Å². The third kappa shape index (κ3) is 3.55. The van der Waals surface area contributed by atoms with E-state index in [1.807, 2.05) is 12.1 Å². The van der Waals surface area contributed by atoms with E-state index in [1.54, 1.807) is 13.8 Å². The average molecular weight is 251 g/mol. The van der Waals surface area contributed by atoms with Crippen molar-refractivity contribution in [1.82, 2.24) is 0 Å². The van der Waals surface area contributed by atoms with Crippen molar-refractivity contribution in [2.75, 3.05) is 0 Å². The summed E-state index contributed by atoms with van der Waals surface area (Å²) in [7, 11) is 0. The summed E-state index contributed by atoms with van der Waals surface area (Å²) in [4.78, 5) is 0. The van der Waals surface area contributed by atoms with Crippen LogP contribution in [-0.2, 0) is 0 Å². The zero-order chi connectivity index (χ0) is 14.1. The minimum Gasteiger partial charge on any atom is -0.324 e. The molecule has 0 aromatic heterocycles. The number of aryl methyl sites for hydroxylation is 2. The Balaban J connectivity index is 2.88. The molecule has 1 aromatic rings. The molecule has 0 bridgehead atoms. The van der Waals surface area contributed by atoms with Gasteiger partial charge < -0.3 is 5.73 Å². The van der Waals surface area contributed by atoms with Gasteiger partial charge in [-0.1, -0.05) is 39.8 Å². The van der Waals surface area contributed by atoms with Crippen molar-refractivity contribution < 1.29 is 4.39 Å². The van der Waals surface area contributed by atoms with E-state index in [-0.39, 0.29) is 17.3 Å². The van der Waals surface area contributed by atoms with E-state index in [1.165, 1.54) is 0 Å². The van der Waals surface area contributed by atoms with Gasteiger partial charge in [0.25, 0.3) is 0 Å². The molecule has 1 aromatic carbocycles. The molecule has 0 amide bonds. The van der Waals surface area contributed by atoms with Gasteiger partial charge in [0, 0.05) is 6.04 Å². The largest absolute Gasteiger partial charge is 0.324 e. The third-order valence-electron chi connectivity index (χ3n) is 3.97. The first-order chi connectivity index (χ1) is 8.12. The Morgan fingerprint density at radius 1 is 1.17 bits per heavy atom. The van der Waals surface area contributed by atoms with Crippen LogP contribution >= 0.6 is 0 Å². The summed E-state index contributed by atoms with van der Waals surface area (Å²) in [6.07, 6.45) is 0.925. The lowest BCUT2D eigenvalue weighted by Crippen LogP contribution is -2.23. The van der Waals surface area contributed by atoms with Crippen molar-refractivity contribution in [1.29, 1.82) is 0 Å². The molecule has 0 heterocycles. The maximum absolute atomic E-state index is 13.6. The number of benzene rings is 1. The Morgan fingerprint density at radius 2 is 1.61 bits per heavy atom. The minimum atomic E-state index is -0.116. The fraction of sp³-hybridized carbons (Fsp3) is 0.625. The molecule has 0 fully saturated rings. The second-order valence-electron chi connectivity index (χ2n) is 6.58. The van der Waals surface area contributed by atoms with Crippen molar-refractivity contribution in [3.8, 4) is 0 Å². The summed E-state index contributed by atoms with van der Waals surface area (Å²) >= 11 is 0. The van der Waals surface area contributed by atoms with Gasteiger partial charge in [-0.3, -0.25) is 0 Å². The van der Waals surface area contributed by atoms with Crippen molar-refractivity contribution in [2.45, 2.75) is 54.0 Å². The lowest BCUT2D eigenvalue weighted by atomic mass is 9.77. The van der Waals surface area contributed by atoms with Gasteiger partial charge >= 0.3 is 0 Å². The van der Waals surface area contributed by atoms with Crippen LogP contribution in [0, 0.1) is 31.0 Å². The van der Waals surface area contributed by atoms with Gasteiger partial charge in [0.15, 0.2) is 0 Å². The molecule has 2 unspecified atom stereocenters. The molecule has 0 spiro atoms. The van der Waals surface area contributed by atoms with E-state index in [4.69, 9.17) is 5.73 Å². The van der Waals surface area contributed by atoms with Crippen LogP contribution in [0.25, 0.3) is 0 Å². The Bertz CT molecular complexity index is 395. The monoisotopic (exact) mass is 251 g/mol. The highest BCUT2D eigenvalue weighted by Crippen LogP contribution is 2.33. The molecule has 2 N–H and O–H groups in total. The molecular formula is C16H26FN. The van der Waals surface area contributed by atoms with E-state index >= 15 is 0 Å². The number of rotatable bonds is 3. The molecule has 0 saturated heterocycles. The average Bonchev–Trinajstić information content (AvgIpc) is 2.23. The van der Waals surface area contributed by atoms with Crippen LogP contribution in [0.3, 0.4) is 0 Å². The van der Waals surface area contributed by atoms with Crippen LogP contribution in [0.4, 0.5) is 4.39 Å². The first-order valence-corrected chi connectivity index (χ1v) is 6.65. The standard InChI is InChI=1S/C16H26FN/c1-10-7-13(8-11(2)15(10)17)14(18)9-12(3)16(4,5)6/h7-8,12,14H,9,18H2,1-6H3. The van der Waals surface area contributed by atoms with Crippen LogP contribution in [0.1, 0.15) is 56.8 Å². The maximum Gasteiger partial charge on any atom is 0.129 e. The molecule has 0 aliphatic rings. The summed E-state index contributed by atoms with van der Waals surface area (Å²) in [5.41, 5.74) is 8.92. The normalized spacial score (nSPS) is 15.6. The van der Waals surface area contributed by atoms with E-state index in [0.717, 1.165) is 12.0 Å². The maximum atomic E-state index is 13.6. The molecule has 102 valence electrons. The summed E-state index contributed by atoms with van der Waals surface area (Å²) in [5.74, 6) is 0.410. The van der Waals surface area contributed by atoms with Gasteiger partial charge in [0.2, 0.25) is 0 Å². The zero-order valence-corrected chi connectivity index (χ0v) is 12.5. The topological polar surface area (TPSA) is 26.0 Å². The quantitative estimate of drug-likeness (QED) is 0.840. The first-order valence-electron chi connectivity index (χ1n) is 6.65. The first kappa shape index (κ1) is 15.2. The Kier molecular flexibility index (Phi) is 4.55. The van der Waals surface area contributed by atoms with Crippen molar-refractivity contribution in [3.63, 3.8) is 0 Å². The number of hydrogen-bond donors (Lipinski definition) is 1. The molecule has 18 heavy (non-hydrogen) atoms.